The molecule has 0 radical (unpaired) electrons. The van der Waals surface area contributed by atoms with E-state index in [1.807, 2.05) is 6.92 Å². The SMILES string of the molecule is CCOC1CC(N)C1NC(=O)c1cccc2c1OCCO2. The number of hydrogen-bond acceptors (Lipinski definition) is 5. The quantitative estimate of drug-likeness (QED) is 0.853. The van der Waals surface area contributed by atoms with Crippen LogP contribution in [0.5, 0.6) is 11.5 Å². The normalized spacial score (nSPS) is 26.9. The summed E-state index contributed by atoms with van der Waals surface area (Å²) in [6, 6.07) is 5.08. The van der Waals surface area contributed by atoms with Gasteiger partial charge >= 0.3 is 0 Å². The third-order valence-electron chi connectivity index (χ3n) is 3.86. The van der Waals surface area contributed by atoms with Crippen molar-refractivity contribution in [1.82, 2.24) is 5.32 Å². The van der Waals surface area contributed by atoms with Crippen molar-refractivity contribution in [2.24, 2.45) is 5.73 Å². The van der Waals surface area contributed by atoms with Gasteiger partial charge in [0.1, 0.15) is 13.2 Å². The number of hydrogen-bond donors (Lipinski definition) is 2. The first-order chi connectivity index (χ1) is 10.2. The van der Waals surface area contributed by atoms with E-state index < -0.39 is 0 Å². The highest BCUT2D eigenvalue weighted by Crippen LogP contribution is 2.34. The first kappa shape index (κ1) is 14.2. The zero-order valence-electron chi connectivity index (χ0n) is 12.0. The lowest BCUT2D eigenvalue weighted by molar-refractivity contribution is -0.0300. The summed E-state index contributed by atoms with van der Waals surface area (Å²) in [6.07, 6.45) is 0.760. The van der Waals surface area contributed by atoms with Crippen molar-refractivity contribution < 1.29 is 19.0 Å². The molecule has 0 saturated heterocycles. The fraction of sp³-hybridized carbons (Fsp3) is 0.533. The second-order valence-electron chi connectivity index (χ2n) is 5.22. The van der Waals surface area contributed by atoms with Crippen molar-refractivity contribution in [2.45, 2.75) is 31.5 Å². The fourth-order valence-electron chi connectivity index (χ4n) is 2.71. The molecule has 114 valence electrons. The second kappa shape index (κ2) is 5.91. The predicted octanol–water partition coefficient (Wildman–Crippen LogP) is 0.692. The van der Waals surface area contributed by atoms with Crippen molar-refractivity contribution in [3.05, 3.63) is 23.8 Å². The van der Waals surface area contributed by atoms with Crippen molar-refractivity contribution in [2.75, 3.05) is 19.8 Å². The highest BCUT2D eigenvalue weighted by molar-refractivity contribution is 5.98. The van der Waals surface area contributed by atoms with Gasteiger partial charge in [-0.2, -0.15) is 0 Å². The molecule has 3 unspecified atom stereocenters. The molecule has 0 spiro atoms. The molecule has 2 aliphatic rings. The van der Waals surface area contributed by atoms with Gasteiger partial charge in [-0.25, -0.2) is 0 Å². The Kier molecular flexibility index (Phi) is 3.98. The van der Waals surface area contributed by atoms with Crippen LogP contribution in [0.3, 0.4) is 0 Å². The zero-order valence-corrected chi connectivity index (χ0v) is 12.0. The maximum Gasteiger partial charge on any atom is 0.255 e. The van der Waals surface area contributed by atoms with Crippen molar-refractivity contribution in [3.63, 3.8) is 0 Å². The van der Waals surface area contributed by atoms with Crippen LogP contribution in [0.2, 0.25) is 0 Å². The topological polar surface area (TPSA) is 82.8 Å². The molecule has 1 saturated carbocycles. The molecule has 1 aromatic carbocycles. The molecule has 21 heavy (non-hydrogen) atoms. The largest absolute Gasteiger partial charge is 0.486 e. The van der Waals surface area contributed by atoms with Gasteiger partial charge in [-0.05, 0) is 25.5 Å². The standard InChI is InChI=1S/C15H20N2O4/c1-2-19-12-8-10(16)13(12)17-15(18)9-4-3-5-11-14(9)21-7-6-20-11/h3-5,10,12-13H,2,6-8,16H2,1H3,(H,17,18). The summed E-state index contributed by atoms with van der Waals surface area (Å²) in [5.74, 6) is 0.900. The summed E-state index contributed by atoms with van der Waals surface area (Å²) in [6.45, 7) is 3.49. The third kappa shape index (κ3) is 2.69. The number of ether oxygens (including phenoxy) is 3. The van der Waals surface area contributed by atoms with Crippen molar-refractivity contribution in [3.8, 4) is 11.5 Å². The summed E-state index contributed by atoms with van der Waals surface area (Å²) in [5.41, 5.74) is 6.43. The van der Waals surface area contributed by atoms with Crippen LogP contribution in [0.1, 0.15) is 23.7 Å². The zero-order chi connectivity index (χ0) is 14.8. The summed E-state index contributed by atoms with van der Waals surface area (Å²) >= 11 is 0. The number of carbonyl (C=O) groups excluding carboxylic acids is 1. The Morgan fingerprint density at radius 1 is 1.43 bits per heavy atom. The number of para-hydroxylation sites is 1. The Balaban J connectivity index is 1.74. The van der Waals surface area contributed by atoms with Crippen LogP contribution in [0, 0.1) is 0 Å². The first-order valence-electron chi connectivity index (χ1n) is 7.27. The highest BCUT2D eigenvalue weighted by atomic mass is 16.6. The lowest BCUT2D eigenvalue weighted by Gasteiger charge is -2.42. The molecule has 1 aliphatic heterocycles. The van der Waals surface area contributed by atoms with Gasteiger partial charge < -0.3 is 25.3 Å². The summed E-state index contributed by atoms with van der Waals surface area (Å²) in [5, 5.41) is 2.94. The Bertz CT molecular complexity index is 532. The van der Waals surface area contributed by atoms with Crippen LogP contribution < -0.4 is 20.5 Å². The lowest BCUT2D eigenvalue weighted by atomic mass is 9.83. The van der Waals surface area contributed by atoms with E-state index in [4.69, 9.17) is 19.9 Å². The van der Waals surface area contributed by atoms with Gasteiger partial charge in [-0.15, -0.1) is 0 Å². The Hall–Kier alpha value is -1.79. The van der Waals surface area contributed by atoms with Crippen LogP contribution in [0.25, 0.3) is 0 Å². The number of nitrogens with one attached hydrogen (secondary N) is 1. The molecule has 6 nitrogen and oxygen atoms in total. The maximum atomic E-state index is 12.5. The van der Waals surface area contributed by atoms with Gasteiger partial charge in [0.15, 0.2) is 11.5 Å². The van der Waals surface area contributed by atoms with Crippen molar-refractivity contribution in [1.29, 1.82) is 0 Å². The Morgan fingerprint density at radius 3 is 3.00 bits per heavy atom. The minimum atomic E-state index is -0.206. The molecule has 1 aliphatic carbocycles. The summed E-state index contributed by atoms with van der Waals surface area (Å²) < 4.78 is 16.6. The third-order valence-corrected chi connectivity index (χ3v) is 3.86. The van der Waals surface area contributed by atoms with E-state index in [0.717, 1.165) is 6.42 Å². The monoisotopic (exact) mass is 292 g/mol. The molecule has 1 fully saturated rings. The van der Waals surface area contributed by atoms with Crippen LogP contribution in [0.4, 0.5) is 0 Å². The molecule has 3 rings (SSSR count). The number of rotatable bonds is 4. The molecule has 0 bridgehead atoms. The smallest absolute Gasteiger partial charge is 0.255 e. The van der Waals surface area contributed by atoms with E-state index in [0.29, 0.717) is 36.9 Å². The van der Waals surface area contributed by atoms with E-state index >= 15 is 0 Å². The average Bonchev–Trinajstić information content (AvgIpc) is 2.51. The average molecular weight is 292 g/mol. The summed E-state index contributed by atoms with van der Waals surface area (Å²) in [7, 11) is 0. The van der Waals surface area contributed by atoms with E-state index in [2.05, 4.69) is 5.32 Å². The molecule has 1 aromatic rings. The van der Waals surface area contributed by atoms with Gasteiger partial charge in [-0.1, -0.05) is 6.07 Å². The highest BCUT2D eigenvalue weighted by Gasteiger charge is 2.40. The summed E-state index contributed by atoms with van der Waals surface area (Å²) in [4.78, 5) is 12.5. The Labute approximate surface area is 123 Å². The van der Waals surface area contributed by atoms with Gasteiger partial charge in [0.2, 0.25) is 0 Å². The maximum absolute atomic E-state index is 12.5. The predicted molar refractivity (Wildman–Crippen MR) is 76.7 cm³/mol. The first-order valence-corrected chi connectivity index (χ1v) is 7.27. The fourth-order valence-corrected chi connectivity index (χ4v) is 2.71. The lowest BCUT2D eigenvalue weighted by Crippen LogP contribution is -2.64. The molecule has 1 amide bonds. The van der Waals surface area contributed by atoms with E-state index in [1.165, 1.54) is 0 Å². The second-order valence-corrected chi connectivity index (χ2v) is 5.22. The van der Waals surface area contributed by atoms with Gasteiger partial charge in [-0.3, -0.25) is 4.79 Å². The molecule has 0 aromatic heterocycles. The minimum Gasteiger partial charge on any atom is -0.486 e. The number of nitrogens with two attached hydrogens (primary N) is 1. The Morgan fingerprint density at radius 2 is 2.24 bits per heavy atom. The van der Waals surface area contributed by atoms with Crippen LogP contribution in [0.15, 0.2) is 18.2 Å². The number of carbonyl (C=O) groups is 1. The molecule has 6 heteroatoms. The van der Waals surface area contributed by atoms with Gasteiger partial charge in [0.25, 0.3) is 5.91 Å². The minimum absolute atomic E-state index is 0.00865. The van der Waals surface area contributed by atoms with Gasteiger partial charge in [0.05, 0.1) is 17.7 Å². The molecule has 1 heterocycles. The van der Waals surface area contributed by atoms with Crippen LogP contribution in [-0.2, 0) is 4.74 Å². The van der Waals surface area contributed by atoms with E-state index in [9.17, 15) is 4.79 Å². The molecular formula is C15H20N2O4. The number of benzene rings is 1. The van der Waals surface area contributed by atoms with Gasteiger partial charge in [0, 0.05) is 12.6 Å². The van der Waals surface area contributed by atoms with E-state index in [1.54, 1.807) is 18.2 Å². The molecule has 3 N–H and O–H groups in total. The molecule has 3 atom stereocenters. The van der Waals surface area contributed by atoms with E-state index in [-0.39, 0.29) is 24.1 Å². The van der Waals surface area contributed by atoms with Crippen molar-refractivity contribution >= 4 is 5.91 Å². The number of fused-ring (bicyclic) bond motifs is 1. The molecular weight excluding hydrogens is 272 g/mol. The number of amides is 1. The van der Waals surface area contributed by atoms with Crippen LogP contribution in [-0.4, -0.2) is 43.9 Å². The van der Waals surface area contributed by atoms with Crippen LogP contribution >= 0.6 is 0 Å².